The van der Waals surface area contributed by atoms with Crippen molar-refractivity contribution in [2.45, 2.75) is 66.3 Å². The molecule has 5 aromatic rings. The van der Waals surface area contributed by atoms with Crippen LogP contribution < -0.4 is 19.7 Å². The number of nitro groups is 1. The Morgan fingerprint density at radius 2 is 1.78 bits per heavy atom. The third kappa shape index (κ3) is 9.18. The molecule has 0 spiro atoms. The molecule has 3 aromatic carbocycles. The van der Waals surface area contributed by atoms with Crippen molar-refractivity contribution in [2.24, 2.45) is 5.92 Å². The maximum atomic E-state index is 15.9. The topological polar surface area (TPSA) is 169 Å². The van der Waals surface area contributed by atoms with Gasteiger partial charge in [0.15, 0.2) is 32.4 Å². The van der Waals surface area contributed by atoms with E-state index < -0.39 is 47.3 Å². The largest absolute Gasteiger partial charge is 0.497 e. The Bertz CT molecular complexity index is 2370. The molecule has 3 heterocycles. The third-order valence-electron chi connectivity index (χ3n) is 10.3. The van der Waals surface area contributed by atoms with Crippen molar-refractivity contribution >= 4 is 44.7 Å². The van der Waals surface area contributed by atoms with Crippen LogP contribution in [0.5, 0.6) is 11.5 Å². The van der Waals surface area contributed by atoms with Crippen molar-refractivity contribution in [3.8, 4) is 11.5 Å². The van der Waals surface area contributed by atoms with E-state index in [1.165, 1.54) is 50.8 Å². The van der Waals surface area contributed by atoms with E-state index in [0.29, 0.717) is 42.2 Å². The molecule has 1 aliphatic heterocycles. The molecular formula is C40H46F2N8O6S2. The van der Waals surface area contributed by atoms with Crippen LogP contribution in [0.25, 0.3) is 0 Å². The van der Waals surface area contributed by atoms with E-state index in [1.807, 2.05) is 19.1 Å². The fourth-order valence-corrected chi connectivity index (χ4v) is 9.21. The number of aromatic nitrogens is 4. The standard InChI is InChI=1S/C40H46F2N8O6S2/c1-25-22-34(47-46-25)43-37-36(56-6)38(49-20-17-26(18-21-49)16-19-48(4)24-27-10-12-28(55-5)13-11-27)45-39(44-37)57-33-15-14-29(23-31(33)41)58(53,54)40(2,3)30-8-7-9-32(35(30)42)50(51)52/h7-15,22-23,26H,16-21,24H2,1-6H3,(H2,43,44,45,46,47). The van der Waals surface area contributed by atoms with Crippen LogP contribution in [0.1, 0.15) is 49.9 Å². The molecule has 0 bridgehead atoms. The Labute approximate surface area is 340 Å². The highest BCUT2D eigenvalue weighted by Crippen LogP contribution is 2.42. The smallest absolute Gasteiger partial charge is 0.305 e. The summed E-state index contributed by atoms with van der Waals surface area (Å²) < 4.78 is 67.9. The van der Waals surface area contributed by atoms with Gasteiger partial charge in [-0.3, -0.25) is 15.2 Å². The minimum atomic E-state index is -4.46. The highest BCUT2D eigenvalue weighted by atomic mass is 32.2. The summed E-state index contributed by atoms with van der Waals surface area (Å²) in [6.07, 6.45) is 2.89. The minimum Gasteiger partial charge on any atom is -0.497 e. The van der Waals surface area contributed by atoms with Crippen LogP contribution in [0.4, 0.5) is 31.9 Å². The van der Waals surface area contributed by atoms with Crippen molar-refractivity contribution in [2.75, 3.05) is 51.1 Å². The lowest BCUT2D eigenvalue weighted by molar-refractivity contribution is -0.387. The fourth-order valence-electron chi connectivity index (χ4n) is 6.91. The average Bonchev–Trinajstić information content (AvgIpc) is 3.61. The average molecular weight is 837 g/mol. The molecule has 0 atom stereocenters. The number of benzene rings is 3. The summed E-state index contributed by atoms with van der Waals surface area (Å²) in [5.41, 5.74) is 0.767. The first-order valence-corrected chi connectivity index (χ1v) is 20.9. The molecule has 2 aromatic heterocycles. The van der Waals surface area contributed by atoms with Crippen molar-refractivity contribution in [1.29, 1.82) is 0 Å². The number of ether oxygens (including phenoxy) is 2. The summed E-state index contributed by atoms with van der Waals surface area (Å²) in [6.45, 7) is 7.48. The maximum absolute atomic E-state index is 15.9. The van der Waals surface area contributed by atoms with E-state index in [0.717, 1.165) is 67.7 Å². The zero-order chi connectivity index (χ0) is 41.8. The molecule has 1 aliphatic rings. The van der Waals surface area contributed by atoms with Gasteiger partial charge in [-0.25, -0.2) is 22.8 Å². The van der Waals surface area contributed by atoms with Crippen LogP contribution in [-0.2, 0) is 21.1 Å². The van der Waals surface area contributed by atoms with Crippen molar-refractivity contribution in [1.82, 2.24) is 25.1 Å². The van der Waals surface area contributed by atoms with Gasteiger partial charge in [0.1, 0.15) is 11.6 Å². The van der Waals surface area contributed by atoms with E-state index >= 15 is 8.78 Å². The molecule has 14 nitrogen and oxygen atoms in total. The predicted octanol–water partition coefficient (Wildman–Crippen LogP) is 8.05. The first-order chi connectivity index (χ1) is 27.6. The van der Waals surface area contributed by atoms with Gasteiger partial charge >= 0.3 is 5.69 Å². The first-order valence-electron chi connectivity index (χ1n) is 18.6. The summed E-state index contributed by atoms with van der Waals surface area (Å²) in [4.78, 5) is 24.0. The number of nitrogens with zero attached hydrogens (tertiary/aromatic N) is 6. The summed E-state index contributed by atoms with van der Waals surface area (Å²) in [5.74, 6) is 0.890. The zero-order valence-electron chi connectivity index (χ0n) is 33.1. The highest BCUT2D eigenvalue weighted by Gasteiger charge is 2.41. The first kappa shape index (κ1) is 42.3. The quantitative estimate of drug-likeness (QED) is 0.0557. The molecule has 0 aliphatic carbocycles. The summed E-state index contributed by atoms with van der Waals surface area (Å²) >= 11 is 0.897. The van der Waals surface area contributed by atoms with Gasteiger partial charge in [-0.1, -0.05) is 24.3 Å². The molecule has 2 N–H and O–H groups in total. The monoisotopic (exact) mass is 836 g/mol. The number of nitrogens with one attached hydrogen (secondary N) is 2. The number of nitro benzene ring substituents is 1. The molecule has 58 heavy (non-hydrogen) atoms. The van der Waals surface area contributed by atoms with E-state index in [-0.39, 0.29) is 10.1 Å². The second kappa shape index (κ2) is 17.7. The van der Waals surface area contributed by atoms with Gasteiger partial charge < -0.3 is 24.6 Å². The lowest BCUT2D eigenvalue weighted by Gasteiger charge is -2.34. The Morgan fingerprint density at radius 1 is 1.05 bits per heavy atom. The molecule has 0 amide bonds. The Hall–Kier alpha value is -5.33. The summed E-state index contributed by atoms with van der Waals surface area (Å²) in [5, 5.41) is 21.9. The molecule has 0 unspecified atom stereocenters. The Balaban J connectivity index is 1.21. The normalized spacial score (nSPS) is 13.8. The number of hydrogen-bond acceptors (Lipinski definition) is 13. The number of sulfone groups is 1. The number of aryl methyl sites for hydroxylation is 1. The number of aromatic amines is 1. The van der Waals surface area contributed by atoms with E-state index in [1.54, 1.807) is 13.2 Å². The van der Waals surface area contributed by atoms with Gasteiger partial charge in [0, 0.05) is 43.0 Å². The number of rotatable bonds is 16. The summed E-state index contributed by atoms with van der Waals surface area (Å²) in [7, 11) is 0.847. The minimum absolute atomic E-state index is 0.0356. The third-order valence-corrected chi connectivity index (χ3v) is 13.7. The fraction of sp³-hybridized carbons (Fsp3) is 0.375. The number of hydrogen-bond donors (Lipinski definition) is 2. The van der Waals surface area contributed by atoms with Gasteiger partial charge in [-0.05, 0) is 107 Å². The number of halogens is 2. The lowest BCUT2D eigenvalue weighted by atomic mass is 9.93. The van der Waals surface area contributed by atoms with Crippen molar-refractivity contribution in [3.63, 3.8) is 0 Å². The second-order valence-electron chi connectivity index (χ2n) is 14.7. The number of H-pyrrole nitrogens is 1. The second-order valence-corrected chi connectivity index (χ2v) is 18.2. The maximum Gasteiger partial charge on any atom is 0.305 e. The van der Waals surface area contributed by atoms with Crippen LogP contribution in [0.15, 0.2) is 81.7 Å². The number of anilines is 3. The van der Waals surface area contributed by atoms with Crippen LogP contribution in [0, 0.1) is 34.6 Å². The van der Waals surface area contributed by atoms with E-state index in [2.05, 4.69) is 49.5 Å². The van der Waals surface area contributed by atoms with Gasteiger partial charge in [-0.2, -0.15) is 9.49 Å². The van der Waals surface area contributed by atoms with Gasteiger partial charge in [0.25, 0.3) is 0 Å². The predicted molar refractivity (Wildman–Crippen MR) is 218 cm³/mol. The van der Waals surface area contributed by atoms with E-state index in [9.17, 15) is 18.5 Å². The molecular weight excluding hydrogens is 791 g/mol. The molecule has 6 rings (SSSR count). The van der Waals surface area contributed by atoms with Crippen molar-refractivity contribution < 1.29 is 31.6 Å². The van der Waals surface area contributed by atoms with Crippen LogP contribution in [0.3, 0.4) is 0 Å². The number of methoxy groups -OCH3 is 2. The van der Waals surface area contributed by atoms with Gasteiger partial charge in [0.2, 0.25) is 11.6 Å². The summed E-state index contributed by atoms with van der Waals surface area (Å²) in [6, 6.07) is 16.6. The van der Waals surface area contributed by atoms with E-state index in [4.69, 9.17) is 14.5 Å². The lowest BCUT2D eigenvalue weighted by Crippen LogP contribution is -2.35. The van der Waals surface area contributed by atoms with Crippen molar-refractivity contribution in [3.05, 3.63) is 105 Å². The van der Waals surface area contributed by atoms with Crippen LogP contribution in [0.2, 0.25) is 0 Å². The Morgan fingerprint density at radius 3 is 2.40 bits per heavy atom. The zero-order valence-corrected chi connectivity index (χ0v) is 34.7. The van der Waals surface area contributed by atoms with Crippen LogP contribution >= 0.6 is 11.8 Å². The molecule has 18 heteroatoms. The highest BCUT2D eigenvalue weighted by molar-refractivity contribution is 7.99. The molecule has 1 fully saturated rings. The van der Waals surface area contributed by atoms with Gasteiger partial charge in [-0.15, -0.1) is 0 Å². The van der Waals surface area contributed by atoms with Gasteiger partial charge in [0.05, 0.1) is 33.7 Å². The molecule has 0 saturated carbocycles. The van der Waals surface area contributed by atoms with Crippen LogP contribution in [-0.4, -0.2) is 79.3 Å². The molecule has 0 radical (unpaired) electrons. The Kier molecular flexibility index (Phi) is 12.9. The molecule has 1 saturated heterocycles. The molecule has 308 valence electrons. The SMILES string of the molecule is COc1ccc(CN(C)CCC2CCN(c3nc(Sc4ccc(S(=O)(=O)C(C)(C)c5cccc([N+](=O)[O-])c5F)cc4F)nc(Nc4cc(C)[nH]n4)c3OC)CC2)cc1. The number of piperidine rings is 1.